The van der Waals surface area contributed by atoms with Crippen LogP contribution in [0.15, 0.2) is 12.1 Å². The van der Waals surface area contributed by atoms with E-state index in [2.05, 4.69) is 4.98 Å². The first kappa shape index (κ1) is 12.7. The number of aryl methyl sites for hydroxylation is 2. The summed E-state index contributed by atoms with van der Waals surface area (Å²) in [6.45, 7) is 3.87. The quantitative estimate of drug-likeness (QED) is 0.925. The average molecular weight is 264 g/mol. The number of aromatic nitrogens is 1. The molecule has 96 valence electrons. The van der Waals surface area contributed by atoms with Crippen molar-refractivity contribution in [3.8, 4) is 22.1 Å². The van der Waals surface area contributed by atoms with E-state index in [0.29, 0.717) is 0 Å². The Morgan fingerprint density at radius 2 is 1.78 bits per heavy atom. The van der Waals surface area contributed by atoms with Crippen molar-refractivity contribution in [3.05, 3.63) is 23.4 Å². The van der Waals surface area contributed by atoms with Crippen LogP contribution in [-0.2, 0) is 0 Å². The van der Waals surface area contributed by atoms with E-state index < -0.39 is 0 Å². The molecule has 5 heteroatoms. The van der Waals surface area contributed by atoms with Crippen LogP contribution in [0.5, 0.6) is 11.5 Å². The highest BCUT2D eigenvalue weighted by atomic mass is 32.1. The van der Waals surface area contributed by atoms with E-state index in [1.54, 1.807) is 14.2 Å². The lowest BCUT2D eigenvalue weighted by Gasteiger charge is -2.11. The number of nitrogens with two attached hydrogens (primary N) is 1. The van der Waals surface area contributed by atoms with Crippen LogP contribution in [0.4, 0.5) is 5.00 Å². The average Bonchev–Trinajstić information content (AvgIpc) is 2.69. The lowest BCUT2D eigenvalue weighted by Crippen LogP contribution is -1.93. The molecule has 0 radical (unpaired) electrons. The SMILES string of the molecule is COc1cc(-c2nc(C)c(N)s2)c(OC)cc1C. The van der Waals surface area contributed by atoms with Gasteiger partial charge in [0.1, 0.15) is 21.5 Å². The third-order valence-corrected chi connectivity index (χ3v) is 3.80. The Morgan fingerprint density at radius 1 is 1.11 bits per heavy atom. The van der Waals surface area contributed by atoms with Crippen LogP contribution < -0.4 is 15.2 Å². The Morgan fingerprint density at radius 3 is 2.28 bits per heavy atom. The van der Waals surface area contributed by atoms with Gasteiger partial charge in [0.2, 0.25) is 0 Å². The van der Waals surface area contributed by atoms with E-state index in [4.69, 9.17) is 15.2 Å². The summed E-state index contributed by atoms with van der Waals surface area (Å²) < 4.78 is 10.7. The molecule has 1 aromatic heterocycles. The molecule has 0 unspecified atom stereocenters. The summed E-state index contributed by atoms with van der Waals surface area (Å²) in [5.41, 5.74) is 8.63. The fourth-order valence-electron chi connectivity index (χ4n) is 1.74. The molecule has 0 spiro atoms. The van der Waals surface area contributed by atoms with E-state index >= 15 is 0 Å². The van der Waals surface area contributed by atoms with Gasteiger partial charge in [0.15, 0.2) is 0 Å². The second-order valence-electron chi connectivity index (χ2n) is 3.99. The van der Waals surface area contributed by atoms with E-state index in [-0.39, 0.29) is 0 Å². The van der Waals surface area contributed by atoms with Crippen LogP contribution in [0.2, 0.25) is 0 Å². The van der Waals surface area contributed by atoms with Gasteiger partial charge in [0.25, 0.3) is 0 Å². The Bertz CT molecular complexity index is 559. The highest BCUT2D eigenvalue weighted by Crippen LogP contribution is 2.39. The molecule has 0 saturated carbocycles. The minimum absolute atomic E-state index is 0.728. The molecule has 0 saturated heterocycles. The van der Waals surface area contributed by atoms with Gasteiger partial charge in [0.05, 0.1) is 25.5 Å². The number of benzene rings is 1. The predicted octanol–water partition coefficient (Wildman–Crippen LogP) is 3.03. The number of nitrogen functional groups attached to an aromatic ring is 1. The molecule has 1 aromatic carbocycles. The lowest BCUT2D eigenvalue weighted by atomic mass is 10.1. The number of hydrogen-bond donors (Lipinski definition) is 1. The van der Waals surface area contributed by atoms with Gasteiger partial charge in [-0.1, -0.05) is 11.3 Å². The highest BCUT2D eigenvalue weighted by Gasteiger charge is 2.14. The van der Waals surface area contributed by atoms with Crippen LogP contribution in [-0.4, -0.2) is 19.2 Å². The minimum atomic E-state index is 0.728. The summed E-state index contributed by atoms with van der Waals surface area (Å²) >= 11 is 1.45. The predicted molar refractivity (Wildman–Crippen MR) is 74.5 cm³/mol. The van der Waals surface area contributed by atoms with Crippen LogP contribution in [0.25, 0.3) is 10.6 Å². The third kappa shape index (κ3) is 2.13. The zero-order valence-corrected chi connectivity index (χ0v) is 11.7. The second kappa shape index (κ2) is 4.86. The summed E-state index contributed by atoms with van der Waals surface area (Å²) in [5.74, 6) is 1.60. The first-order chi connectivity index (χ1) is 8.56. The van der Waals surface area contributed by atoms with Gasteiger partial charge >= 0.3 is 0 Å². The smallest absolute Gasteiger partial charge is 0.129 e. The molecule has 2 rings (SSSR count). The van der Waals surface area contributed by atoms with Gasteiger partial charge in [-0.25, -0.2) is 4.98 Å². The Labute approximate surface area is 110 Å². The zero-order chi connectivity index (χ0) is 13.3. The van der Waals surface area contributed by atoms with E-state index in [9.17, 15) is 0 Å². The Balaban J connectivity index is 2.61. The molecule has 0 amide bonds. The van der Waals surface area contributed by atoms with Gasteiger partial charge in [-0.15, -0.1) is 0 Å². The summed E-state index contributed by atoms with van der Waals surface area (Å²) in [4.78, 5) is 4.45. The first-order valence-corrected chi connectivity index (χ1v) is 6.34. The highest BCUT2D eigenvalue weighted by molar-refractivity contribution is 7.19. The molecular formula is C13H16N2O2S. The van der Waals surface area contributed by atoms with Crippen molar-refractivity contribution >= 4 is 16.3 Å². The first-order valence-electron chi connectivity index (χ1n) is 5.52. The molecule has 18 heavy (non-hydrogen) atoms. The van der Waals surface area contributed by atoms with E-state index in [1.807, 2.05) is 26.0 Å². The molecular weight excluding hydrogens is 248 g/mol. The van der Waals surface area contributed by atoms with Crippen LogP contribution >= 0.6 is 11.3 Å². The molecule has 2 N–H and O–H groups in total. The van der Waals surface area contributed by atoms with Crippen molar-refractivity contribution in [2.75, 3.05) is 20.0 Å². The maximum absolute atomic E-state index is 5.85. The molecule has 0 atom stereocenters. The van der Waals surface area contributed by atoms with Gasteiger partial charge in [-0.2, -0.15) is 0 Å². The van der Waals surface area contributed by atoms with Crippen molar-refractivity contribution in [1.82, 2.24) is 4.98 Å². The van der Waals surface area contributed by atoms with E-state index in [0.717, 1.165) is 38.3 Å². The normalized spacial score (nSPS) is 10.4. The summed E-state index contributed by atoms with van der Waals surface area (Å²) in [5, 5.41) is 1.58. The van der Waals surface area contributed by atoms with Crippen molar-refractivity contribution in [3.63, 3.8) is 0 Å². The number of rotatable bonds is 3. The maximum atomic E-state index is 5.85. The second-order valence-corrected chi connectivity index (χ2v) is 5.02. The van der Waals surface area contributed by atoms with Gasteiger partial charge in [0, 0.05) is 0 Å². The summed E-state index contributed by atoms with van der Waals surface area (Å²) in [6, 6.07) is 3.88. The number of thiazole rings is 1. The minimum Gasteiger partial charge on any atom is -0.496 e. The molecule has 0 fully saturated rings. The fraction of sp³-hybridized carbons (Fsp3) is 0.308. The third-order valence-electron chi connectivity index (χ3n) is 2.78. The van der Waals surface area contributed by atoms with E-state index in [1.165, 1.54) is 11.3 Å². The number of methoxy groups -OCH3 is 2. The number of anilines is 1. The molecule has 0 aliphatic heterocycles. The molecule has 0 bridgehead atoms. The van der Waals surface area contributed by atoms with Gasteiger partial charge in [-0.3, -0.25) is 0 Å². The maximum Gasteiger partial charge on any atom is 0.129 e. The van der Waals surface area contributed by atoms with Gasteiger partial charge in [-0.05, 0) is 31.5 Å². The van der Waals surface area contributed by atoms with Crippen LogP contribution in [0.3, 0.4) is 0 Å². The number of nitrogens with zero attached hydrogens (tertiary/aromatic N) is 1. The summed E-state index contributed by atoms with van der Waals surface area (Å²) in [7, 11) is 3.30. The fourth-order valence-corrected chi connectivity index (χ4v) is 2.59. The van der Waals surface area contributed by atoms with Gasteiger partial charge < -0.3 is 15.2 Å². The van der Waals surface area contributed by atoms with Crippen LogP contribution in [0, 0.1) is 13.8 Å². The Hall–Kier alpha value is -1.75. The number of ether oxygens (including phenoxy) is 2. The molecule has 2 aromatic rings. The largest absolute Gasteiger partial charge is 0.496 e. The molecule has 4 nitrogen and oxygen atoms in total. The molecule has 0 aliphatic carbocycles. The van der Waals surface area contributed by atoms with Crippen molar-refractivity contribution in [2.24, 2.45) is 0 Å². The topological polar surface area (TPSA) is 57.4 Å². The Kier molecular flexibility index (Phi) is 3.43. The van der Waals surface area contributed by atoms with Crippen molar-refractivity contribution in [1.29, 1.82) is 0 Å². The standard InChI is InChI=1S/C13H16N2O2S/c1-7-5-11(17-4)9(6-10(7)16-3)13-15-8(2)12(14)18-13/h5-6H,14H2,1-4H3. The van der Waals surface area contributed by atoms with Crippen molar-refractivity contribution in [2.45, 2.75) is 13.8 Å². The van der Waals surface area contributed by atoms with Crippen LogP contribution in [0.1, 0.15) is 11.3 Å². The van der Waals surface area contributed by atoms with Crippen molar-refractivity contribution < 1.29 is 9.47 Å². The molecule has 1 heterocycles. The lowest BCUT2D eigenvalue weighted by molar-refractivity contribution is 0.402. The summed E-state index contributed by atoms with van der Waals surface area (Å²) in [6.07, 6.45) is 0. The monoisotopic (exact) mass is 264 g/mol. The molecule has 0 aliphatic rings. The number of hydrogen-bond acceptors (Lipinski definition) is 5. The zero-order valence-electron chi connectivity index (χ0n) is 10.9.